The van der Waals surface area contributed by atoms with E-state index in [1.807, 2.05) is 30.3 Å². The van der Waals surface area contributed by atoms with Crippen LogP contribution in [0.5, 0.6) is 0 Å². The van der Waals surface area contributed by atoms with Gasteiger partial charge in [-0.05, 0) is 12.8 Å². The van der Waals surface area contributed by atoms with Crippen molar-refractivity contribution in [1.29, 1.82) is 0 Å². The van der Waals surface area contributed by atoms with E-state index in [2.05, 4.69) is 10.3 Å². The van der Waals surface area contributed by atoms with Crippen LogP contribution in [0, 0.1) is 0 Å². The van der Waals surface area contributed by atoms with Gasteiger partial charge in [0.15, 0.2) is 0 Å². The predicted octanol–water partition coefficient (Wildman–Crippen LogP) is 1.21. The van der Waals surface area contributed by atoms with Crippen LogP contribution in [0.15, 0.2) is 47.5 Å². The average Bonchev–Trinajstić information content (AvgIpc) is 3.11. The fraction of sp³-hybridized carbons (Fsp3) is 0.353. The van der Waals surface area contributed by atoms with E-state index in [-0.39, 0.29) is 17.6 Å². The van der Waals surface area contributed by atoms with Crippen molar-refractivity contribution in [2.24, 2.45) is 0 Å². The summed E-state index contributed by atoms with van der Waals surface area (Å²) in [5.74, 6) is -0.107. The summed E-state index contributed by atoms with van der Waals surface area (Å²) in [6, 6.07) is 11.1. The zero-order valence-electron chi connectivity index (χ0n) is 12.8. The molecule has 2 heterocycles. The molecule has 0 saturated carbocycles. The van der Waals surface area contributed by atoms with E-state index >= 15 is 0 Å². The first kappa shape index (κ1) is 15.4. The summed E-state index contributed by atoms with van der Waals surface area (Å²) in [5, 5.41) is 2.80. The van der Waals surface area contributed by atoms with E-state index in [1.54, 1.807) is 0 Å². The van der Waals surface area contributed by atoms with E-state index in [4.69, 9.17) is 4.74 Å². The van der Waals surface area contributed by atoms with Crippen LogP contribution in [0.25, 0.3) is 11.3 Å². The highest BCUT2D eigenvalue weighted by Crippen LogP contribution is 2.13. The molecule has 0 aliphatic carbocycles. The Labute approximate surface area is 134 Å². The van der Waals surface area contributed by atoms with Crippen molar-refractivity contribution < 1.29 is 9.53 Å². The molecule has 6 heteroatoms. The van der Waals surface area contributed by atoms with E-state index in [0.29, 0.717) is 25.4 Å². The van der Waals surface area contributed by atoms with Gasteiger partial charge in [0.05, 0.1) is 12.0 Å². The minimum Gasteiger partial charge on any atom is -0.368 e. The normalized spacial score (nSPS) is 17.1. The van der Waals surface area contributed by atoms with Crippen LogP contribution in [-0.4, -0.2) is 34.7 Å². The highest BCUT2D eigenvalue weighted by atomic mass is 16.5. The second-order valence-electron chi connectivity index (χ2n) is 5.46. The first-order valence-electron chi connectivity index (χ1n) is 7.75. The summed E-state index contributed by atoms with van der Waals surface area (Å²) in [5.41, 5.74) is 1.42. The van der Waals surface area contributed by atoms with Gasteiger partial charge in [-0.1, -0.05) is 30.3 Å². The Morgan fingerprint density at radius 2 is 2.17 bits per heavy atom. The van der Waals surface area contributed by atoms with Gasteiger partial charge in [0.2, 0.25) is 5.91 Å². The third-order valence-electron chi connectivity index (χ3n) is 3.82. The Kier molecular flexibility index (Phi) is 4.83. The minimum atomic E-state index is -0.342. The van der Waals surface area contributed by atoms with Gasteiger partial charge in [-0.2, -0.15) is 0 Å². The first-order valence-corrected chi connectivity index (χ1v) is 7.75. The Morgan fingerprint density at radius 1 is 1.35 bits per heavy atom. The Balaban J connectivity index is 1.58. The molecule has 1 aromatic carbocycles. The maximum Gasteiger partial charge on any atom is 0.253 e. The van der Waals surface area contributed by atoms with Crippen molar-refractivity contribution in [2.75, 3.05) is 13.2 Å². The standard InChI is InChI=1S/C17H19N3O3/c21-16-11-14(13-5-2-1-3-6-13)19-12-20(16)9-8-18-17(22)15-7-4-10-23-15/h1-3,5-6,11-12,15H,4,7-10H2,(H,18,22). The van der Waals surface area contributed by atoms with Crippen molar-refractivity contribution in [1.82, 2.24) is 14.9 Å². The number of rotatable bonds is 5. The number of ether oxygens (including phenoxy) is 1. The lowest BCUT2D eigenvalue weighted by atomic mass is 10.1. The van der Waals surface area contributed by atoms with Gasteiger partial charge in [0.1, 0.15) is 6.10 Å². The van der Waals surface area contributed by atoms with Crippen LogP contribution in [-0.2, 0) is 16.1 Å². The van der Waals surface area contributed by atoms with Crippen LogP contribution in [0.3, 0.4) is 0 Å². The van der Waals surface area contributed by atoms with Gasteiger partial charge in [0.25, 0.3) is 5.56 Å². The second kappa shape index (κ2) is 7.19. The molecule has 1 aliphatic heterocycles. The van der Waals surface area contributed by atoms with E-state index < -0.39 is 0 Å². The number of carbonyl (C=O) groups excluding carboxylic acids is 1. The number of carbonyl (C=O) groups is 1. The molecular formula is C17H19N3O3. The number of nitrogens with zero attached hydrogens (tertiary/aromatic N) is 2. The second-order valence-corrected chi connectivity index (χ2v) is 5.46. The molecule has 1 atom stereocenters. The maximum absolute atomic E-state index is 12.1. The van der Waals surface area contributed by atoms with E-state index in [9.17, 15) is 9.59 Å². The zero-order valence-corrected chi connectivity index (χ0v) is 12.8. The summed E-state index contributed by atoms with van der Waals surface area (Å²) in [6.45, 7) is 1.41. The van der Waals surface area contributed by atoms with Gasteiger partial charge in [-0.15, -0.1) is 0 Å². The number of nitrogens with one attached hydrogen (secondary N) is 1. The molecule has 0 bridgehead atoms. The monoisotopic (exact) mass is 313 g/mol. The van der Waals surface area contributed by atoms with Crippen molar-refractivity contribution in [3.8, 4) is 11.3 Å². The molecule has 1 fully saturated rings. The third kappa shape index (κ3) is 3.84. The molecule has 1 aromatic heterocycles. The Hall–Kier alpha value is -2.47. The van der Waals surface area contributed by atoms with Gasteiger partial charge in [-0.3, -0.25) is 14.2 Å². The predicted molar refractivity (Wildman–Crippen MR) is 85.9 cm³/mol. The summed E-state index contributed by atoms with van der Waals surface area (Å²) < 4.78 is 6.80. The first-order chi connectivity index (χ1) is 11.2. The van der Waals surface area contributed by atoms with E-state index in [1.165, 1.54) is 17.0 Å². The van der Waals surface area contributed by atoms with Crippen LogP contribution >= 0.6 is 0 Å². The van der Waals surface area contributed by atoms with Gasteiger partial charge in [0, 0.05) is 31.3 Å². The van der Waals surface area contributed by atoms with Gasteiger partial charge < -0.3 is 10.1 Å². The van der Waals surface area contributed by atoms with Crippen molar-refractivity contribution in [3.63, 3.8) is 0 Å². The SMILES string of the molecule is O=C(NCCn1cnc(-c2ccccc2)cc1=O)C1CCCO1. The quantitative estimate of drug-likeness (QED) is 0.900. The molecule has 1 unspecified atom stereocenters. The number of aromatic nitrogens is 2. The van der Waals surface area contributed by atoms with Crippen molar-refractivity contribution >= 4 is 5.91 Å². The molecule has 6 nitrogen and oxygen atoms in total. The number of hydrogen-bond donors (Lipinski definition) is 1. The highest BCUT2D eigenvalue weighted by molar-refractivity contribution is 5.80. The molecular weight excluding hydrogens is 294 g/mol. The van der Waals surface area contributed by atoms with Gasteiger partial charge in [-0.25, -0.2) is 4.98 Å². The van der Waals surface area contributed by atoms with Crippen LogP contribution in [0.1, 0.15) is 12.8 Å². The smallest absolute Gasteiger partial charge is 0.253 e. The molecule has 1 N–H and O–H groups in total. The average molecular weight is 313 g/mol. The Morgan fingerprint density at radius 3 is 2.87 bits per heavy atom. The summed E-state index contributed by atoms with van der Waals surface area (Å²) in [7, 11) is 0. The van der Waals surface area contributed by atoms with E-state index in [0.717, 1.165) is 18.4 Å². The van der Waals surface area contributed by atoms with Gasteiger partial charge >= 0.3 is 0 Å². The van der Waals surface area contributed by atoms with Crippen LogP contribution < -0.4 is 10.9 Å². The van der Waals surface area contributed by atoms with Crippen LogP contribution in [0.4, 0.5) is 0 Å². The summed E-state index contributed by atoms with van der Waals surface area (Å²) in [6.07, 6.45) is 2.86. The van der Waals surface area contributed by atoms with Crippen LogP contribution in [0.2, 0.25) is 0 Å². The highest BCUT2D eigenvalue weighted by Gasteiger charge is 2.22. The topological polar surface area (TPSA) is 73.2 Å². The minimum absolute atomic E-state index is 0.107. The largest absolute Gasteiger partial charge is 0.368 e. The third-order valence-corrected chi connectivity index (χ3v) is 3.82. The fourth-order valence-corrected chi connectivity index (χ4v) is 2.56. The lowest BCUT2D eigenvalue weighted by Gasteiger charge is -2.11. The molecule has 0 spiro atoms. The Bertz CT molecular complexity index is 721. The van der Waals surface area contributed by atoms with Crippen molar-refractivity contribution in [2.45, 2.75) is 25.5 Å². The zero-order chi connectivity index (χ0) is 16.1. The number of amides is 1. The summed E-state index contributed by atoms with van der Waals surface area (Å²) >= 11 is 0. The molecule has 1 aliphatic rings. The lowest BCUT2D eigenvalue weighted by molar-refractivity contribution is -0.130. The maximum atomic E-state index is 12.1. The fourth-order valence-electron chi connectivity index (χ4n) is 2.56. The molecule has 1 saturated heterocycles. The molecule has 1 amide bonds. The molecule has 120 valence electrons. The molecule has 2 aromatic rings. The number of benzene rings is 1. The number of hydrogen-bond acceptors (Lipinski definition) is 4. The molecule has 23 heavy (non-hydrogen) atoms. The molecule has 3 rings (SSSR count). The lowest BCUT2D eigenvalue weighted by Crippen LogP contribution is -2.37. The summed E-state index contributed by atoms with van der Waals surface area (Å²) in [4.78, 5) is 28.3. The molecule has 0 radical (unpaired) electrons. The van der Waals surface area contributed by atoms with Crippen molar-refractivity contribution in [3.05, 3.63) is 53.1 Å².